The van der Waals surface area contributed by atoms with Crippen molar-refractivity contribution in [3.8, 4) is 0 Å². The molecular formula is C19H26N3O3S+. The van der Waals surface area contributed by atoms with Crippen molar-refractivity contribution in [3.63, 3.8) is 0 Å². The van der Waals surface area contributed by atoms with Crippen LogP contribution in [-0.4, -0.2) is 27.4 Å². The lowest BCUT2D eigenvalue weighted by Crippen LogP contribution is -3.12. The Morgan fingerprint density at radius 1 is 1.08 bits per heavy atom. The molecule has 1 unspecified atom stereocenters. The molecule has 0 saturated heterocycles. The summed E-state index contributed by atoms with van der Waals surface area (Å²) < 4.78 is 22.5. The van der Waals surface area contributed by atoms with E-state index in [4.69, 9.17) is 5.14 Å². The molecule has 4 N–H and O–H groups in total. The second-order valence-electron chi connectivity index (χ2n) is 6.47. The maximum Gasteiger partial charge on any atom is 0.282 e. The summed E-state index contributed by atoms with van der Waals surface area (Å²) in [4.78, 5) is 13.5. The van der Waals surface area contributed by atoms with Gasteiger partial charge in [-0.05, 0) is 43.2 Å². The summed E-state index contributed by atoms with van der Waals surface area (Å²) in [6.45, 7) is 4.72. The zero-order valence-corrected chi connectivity index (χ0v) is 16.1. The minimum atomic E-state index is -3.73. The Bertz CT molecular complexity index is 847. The van der Waals surface area contributed by atoms with Crippen LogP contribution in [0.5, 0.6) is 0 Å². The Hall–Kier alpha value is -2.22. The number of sulfonamides is 1. The van der Waals surface area contributed by atoms with Crippen molar-refractivity contribution in [2.45, 2.75) is 37.8 Å². The monoisotopic (exact) mass is 376 g/mol. The first kappa shape index (κ1) is 20.1. The van der Waals surface area contributed by atoms with Crippen LogP contribution in [0, 0.1) is 0 Å². The van der Waals surface area contributed by atoms with Gasteiger partial charge < -0.3 is 10.2 Å². The molecule has 0 aliphatic heterocycles. The third kappa shape index (κ3) is 5.39. The molecular weight excluding hydrogens is 350 g/mol. The highest BCUT2D eigenvalue weighted by atomic mass is 32.2. The van der Waals surface area contributed by atoms with Gasteiger partial charge in [0.25, 0.3) is 5.91 Å². The van der Waals surface area contributed by atoms with Gasteiger partial charge in [0.2, 0.25) is 10.0 Å². The van der Waals surface area contributed by atoms with Crippen LogP contribution in [0.15, 0.2) is 53.4 Å². The van der Waals surface area contributed by atoms with Crippen LogP contribution in [0.3, 0.4) is 0 Å². The molecule has 2 aromatic carbocycles. The van der Waals surface area contributed by atoms with E-state index in [2.05, 4.69) is 36.5 Å². The van der Waals surface area contributed by atoms with Crippen molar-refractivity contribution in [1.29, 1.82) is 0 Å². The largest absolute Gasteiger partial charge is 0.324 e. The molecule has 0 radical (unpaired) electrons. The minimum Gasteiger partial charge on any atom is -0.324 e. The first-order valence-corrected chi connectivity index (χ1v) is 10.1. The van der Waals surface area contributed by atoms with Gasteiger partial charge in [-0.2, -0.15) is 0 Å². The zero-order chi connectivity index (χ0) is 19.3. The van der Waals surface area contributed by atoms with E-state index >= 15 is 0 Å². The standard InChI is InChI=1S/C19H25N3O3S/c1-4-15-5-7-16(8-6-15)13-22(3)14(2)19(23)21-17-9-11-18(12-10-17)26(20,24)25/h5-12,14H,4,13H2,1-3H3,(H,21,23)(H2,20,24,25)/p+1/t14-/m1/s1. The van der Waals surface area contributed by atoms with Crippen molar-refractivity contribution < 1.29 is 18.1 Å². The summed E-state index contributed by atoms with van der Waals surface area (Å²) in [7, 11) is -1.76. The molecule has 0 aromatic heterocycles. The number of aryl methyl sites for hydroxylation is 1. The molecule has 2 rings (SSSR count). The van der Waals surface area contributed by atoms with Gasteiger partial charge in [0.1, 0.15) is 6.54 Å². The van der Waals surface area contributed by atoms with E-state index in [0.29, 0.717) is 5.69 Å². The number of primary sulfonamides is 1. The molecule has 0 fully saturated rings. The lowest BCUT2D eigenvalue weighted by molar-refractivity contribution is -0.907. The number of anilines is 1. The number of nitrogens with two attached hydrogens (primary N) is 1. The number of quaternary nitrogens is 1. The predicted octanol–water partition coefficient (Wildman–Crippen LogP) is 0.938. The molecule has 0 bridgehead atoms. The number of benzene rings is 2. The van der Waals surface area contributed by atoms with Gasteiger partial charge in [0, 0.05) is 11.3 Å². The van der Waals surface area contributed by atoms with Crippen LogP contribution in [0.2, 0.25) is 0 Å². The third-order valence-electron chi connectivity index (χ3n) is 4.50. The van der Waals surface area contributed by atoms with E-state index in [1.165, 1.54) is 35.4 Å². The molecule has 0 aliphatic rings. The maximum absolute atomic E-state index is 12.5. The fraction of sp³-hybridized carbons (Fsp3) is 0.316. The molecule has 26 heavy (non-hydrogen) atoms. The van der Waals surface area contributed by atoms with Gasteiger partial charge in [-0.1, -0.05) is 31.2 Å². The highest BCUT2D eigenvalue weighted by Gasteiger charge is 2.22. The lowest BCUT2D eigenvalue weighted by atomic mass is 10.1. The van der Waals surface area contributed by atoms with Crippen LogP contribution in [0.25, 0.3) is 0 Å². The zero-order valence-electron chi connectivity index (χ0n) is 15.3. The number of likely N-dealkylation sites (N-methyl/N-ethyl adjacent to an activating group) is 1. The Morgan fingerprint density at radius 3 is 2.12 bits per heavy atom. The summed E-state index contributed by atoms with van der Waals surface area (Å²) in [5.41, 5.74) is 3.01. The average molecular weight is 377 g/mol. The van der Waals surface area contributed by atoms with Gasteiger partial charge >= 0.3 is 0 Å². The molecule has 2 aromatic rings. The molecule has 0 spiro atoms. The molecule has 7 heteroatoms. The van der Waals surface area contributed by atoms with Crippen LogP contribution in [0.1, 0.15) is 25.0 Å². The highest BCUT2D eigenvalue weighted by molar-refractivity contribution is 7.89. The van der Waals surface area contributed by atoms with Crippen LogP contribution in [-0.2, 0) is 27.8 Å². The van der Waals surface area contributed by atoms with E-state index in [-0.39, 0.29) is 16.8 Å². The first-order chi connectivity index (χ1) is 12.2. The Labute approximate surface area is 155 Å². The molecule has 2 atom stereocenters. The van der Waals surface area contributed by atoms with Crippen molar-refractivity contribution in [3.05, 3.63) is 59.7 Å². The van der Waals surface area contributed by atoms with Gasteiger partial charge in [-0.3, -0.25) is 4.79 Å². The fourth-order valence-corrected chi connectivity index (χ4v) is 3.09. The normalized spacial score (nSPS) is 13.8. The SMILES string of the molecule is CCc1ccc(C[NH+](C)[C@H](C)C(=O)Nc2ccc(S(N)(=O)=O)cc2)cc1. The van der Waals surface area contributed by atoms with E-state index in [0.717, 1.165) is 17.9 Å². The number of carbonyl (C=O) groups is 1. The maximum atomic E-state index is 12.5. The van der Waals surface area contributed by atoms with Gasteiger partial charge in [0.05, 0.1) is 11.9 Å². The van der Waals surface area contributed by atoms with E-state index in [9.17, 15) is 13.2 Å². The van der Waals surface area contributed by atoms with Crippen LogP contribution in [0.4, 0.5) is 5.69 Å². The summed E-state index contributed by atoms with van der Waals surface area (Å²) >= 11 is 0. The summed E-state index contributed by atoms with van der Waals surface area (Å²) in [5.74, 6) is -0.129. The second kappa shape index (κ2) is 8.44. The van der Waals surface area contributed by atoms with E-state index < -0.39 is 10.0 Å². The number of hydrogen-bond acceptors (Lipinski definition) is 3. The molecule has 140 valence electrons. The van der Waals surface area contributed by atoms with Crippen LogP contribution >= 0.6 is 0 Å². The third-order valence-corrected chi connectivity index (χ3v) is 5.43. The Kier molecular flexibility index (Phi) is 6.52. The molecule has 0 aliphatic carbocycles. The summed E-state index contributed by atoms with van der Waals surface area (Å²) in [6.07, 6.45) is 1.01. The van der Waals surface area contributed by atoms with E-state index in [1.54, 1.807) is 0 Å². The van der Waals surface area contributed by atoms with Crippen LogP contribution < -0.4 is 15.4 Å². The Balaban J connectivity index is 1.97. The average Bonchev–Trinajstić information content (AvgIpc) is 2.61. The quantitative estimate of drug-likeness (QED) is 0.671. The van der Waals surface area contributed by atoms with Gasteiger partial charge in [-0.25, -0.2) is 13.6 Å². The fourth-order valence-electron chi connectivity index (χ4n) is 2.57. The Morgan fingerprint density at radius 2 is 1.62 bits per heavy atom. The molecule has 1 amide bonds. The topological polar surface area (TPSA) is 93.7 Å². The number of amides is 1. The molecule has 0 saturated carbocycles. The highest BCUT2D eigenvalue weighted by Crippen LogP contribution is 2.12. The number of nitrogens with one attached hydrogen (secondary N) is 2. The molecule has 0 heterocycles. The first-order valence-electron chi connectivity index (χ1n) is 8.54. The summed E-state index contributed by atoms with van der Waals surface area (Å²) in [6, 6.07) is 14.0. The van der Waals surface area contributed by atoms with Crippen molar-refractivity contribution in [1.82, 2.24) is 0 Å². The summed E-state index contributed by atoms with van der Waals surface area (Å²) in [5, 5.41) is 7.88. The van der Waals surface area contributed by atoms with Crippen molar-refractivity contribution in [2.24, 2.45) is 5.14 Å². The van der Waals surface area contributed by atoms with Crippen molar-refractivity contribution in [2.75, 3.05) is 12.4 Å². The number of carbonyl (C=O) groups excluding carboxylic acids is 1. The van der Waals surface area contributed by atoms with Crippen molar-refractivity contribution >= 4 is 21.6 Å². The number of hydrogen-bond donors (Lipinski definition) is 3. The lowest BCUT2D eigenvalue weighted by Gasteiger charge is -2.21. The smallest absolute Gasteiger partial charge is 0.282 e. The number of rotatable bonds is 7. The van der Waals surface area contributed by atoms with Gasteiger partial charge in [-0.15, -0.1) is 0 Å². The van der Waals surface area contributed by atoms with E-state index in [1.807, 2.05) is 14.0 Å². The van der Waals surface area contributed by atoms with Gasteiger partial charge in [0.15, 0.2) is 6.04 Å². The predicted molar refractivity (Wildman–Crippen MR) is 102 cm³/mol. The second-order valence-corrected chi connectivity index (χ2v) is 8.03. The molecule has 6 nitrogen and oxygen atoms in total. The minimum absolute atomic E-state index is 0.0156.